The first-order valence-corrected chi connectivity index (χ1v) is 7.69. The number of hydrogen-bond donors (Lipinski definition) is 2. The normalized spacial score (nSPS) is 25.6. The van der Waals surface area contributed by atoms with Crippen LogP contribution in [0.25, 0.3) is 0 Å². The van der Waals surface area contributed by atoms with E-state index in [-0.39, 0.29) is 12.1 Å². The molecule has 4 nitrogen and oxygen atoms in total. The number of rotatable bonds is 6. The molecule has 0 aromatic heterocycles. The van der Waals surface area contributed by atoms with Crippen molar-refractivity contribution >= 4 is 0 Å². The summed E-state index contributed by atoms with van der Waals surface area (Å²) >= 11 is 0. The average molecular weight is 293 g/mol. The van der Waals surface area contributed by atoms with Gasteiger partial charge < -0.3 is 19.9 Å². The van der Waals surface area contributed by atoms with Crippen LogP contribution in [0, 0.1) is 5.92 Å². The van der Waals surface area contributed by atoms with Gasteiger partial charge in [0, 0.05) is 17.6 Å². The first-order valence-electron chi connectivity index (χ1n) is 7.69. The predicted molar refractivity (Wildman–Crippen MR) is 83.8 cm³/mol. The molecule has 1 saturated carbocycles. The highest BCUT2D eigenvalue weighted by Crippen LogP contribution is 2.33. The third kappa shape index (κ3) is 3.89. The summed E-state index contributed by atoms with van der Waals surface area (Å²) in [7, 11) is 3.34. The number of aliphatic hydroxyl groups excluding tert-OH is 1. The highest BCUT2D eigenvalue weighted by Gasteiger charge is 2.33. The van der Waals surface area contributed by atoms with Crippen LogP contribution in [0.1, 0.15) is 38.2 Å². The van der Waals surface area contributed by atoms with Crippen LogP contribution in [0.2, 0.25) is 0 Å². The molecule has 0 spiro atoms. The smallest absolute Gasteiger partial charge is 0.123 e. The van der Waals surface area contributed by atoms with E-state index in [4.69, 9.17) is 9.47 Å². The molecule has 0 bridgehead atoms. The van der Waals surface area contributed by atoms with Crippen molar-refractivity contribution in [2.24, 2.45) is 5.92 Å². The summed E-state index contributed by atoms with van der Waals surface area (Å²) in [6.07, 6.45) is 4.48. The summed E-state index contributed by atoms with van der Waals surface area (Å²) in [5, 5.41) is 13.4. The molecule has 0 heterocycles. The lowest BCUT2D eigenvalue weighted by atomic mass is 9.76. The second kappa shape index (κ2) is 7.14. The molecular weight excluding hydrogens is 266 g/mol. The summed E-state index contributed by atoms with van der Waals surface area (Å²) in [4.78, 5) is 0. The van der Waals surface area contributed by atoms with Gasteiger partial charge in [-0.3, -0.25) is 0 Å². The maximum atomic E-state index is 9.85. The Morgan fingerprint density at radius 1 is 1.33 bits per heavy atom. The van der Waals surface area contributed by atoms with Gasteiger partial charge in [0.15, 0.2) is 0 Å². The van der Waals surface area contributed by atoms with Gasteiger partial charge in [-0.1, -0.05) is 19.8 Å². The Kier molecular flexibility index (Phi) is 5.48. The van der Waals surface area contributed by atoms with E-state index >= 15 is 0 Å². The number of aliphatic hydroxyl groups is 1. The molecule has 1 aliphatic rings. The van der Waals surface area contributed by atoms with E-state index < -0.39 is 0 Å². The van der Waals surface area contributed by atoms with Crippen LogP contribution in [0.15, 0.2) is 18.2 Å². The molecule has 118 valence electrons. The lowest BCUT2D eigenvalue weighted by Crippen LogP contribution is -2.51. The van der Waals surface area contributed by atoms with Crippen molar-refractivity contribution in [1.82, 2.24) is 5.32 Å². The van der Waals surface area contributed by atoms with Crippen molar-refractivity contribution in [2.45, 2.75) is 44.7 Å². The lowest BCUT2D eigenvalue weighted by molar-refractivity contribution is 0.0980. The summed E-state index contributed by atoms with van der Waals surface area (Å²) in [5.41, 5.74) is 0.897. The van der Waals surface area contributed by atoms with Gasteiger partial charge in [-0.05, 0) is 37.0 Å². The lowest BCUT2D eigenvalue weighted by Gasteiger charge is -2.39. The van der Waals surface area contributed by atoms with Crippen LogP contribution in [-0.4, -0.2) is 31.5 Å². The number of benzene rings is 1. The van der Waals surface area contributed by atoms with Gasteiger partial charge in [0.05, 0.1) is 20.8 Å². The molecule has 1 aromatic rings. The van der Waals surface area contributed by atoms with Crippen molar-refractivity contribution in [3.05, 3.63) is 23.8 Å². The minimum Gasteiger partial charge on any atom is -0.497 e. The molecule has 2 unspecified atom stereocenters. The molecule has 0 radical (unpaired) electrons. The molecule has 2 atom stereocenters. The second-order valence-corrected chi connectivity index (χ2v) is 6.17. The fourth-order valence-corrected chi connectivity index (χ4v) is 3.32. The Labute approximate surface area is 127 Å². The topological polar surface area (TPSA) is 50.7 Å². The zero-order valence-corrected chi connectivity index (χ0v) is 13.3. The minimum atomic E-state index is -0.161. The third-order valence-corrected chi connectivity index (χ3v) is 4.54. The molecule has 2 rings (SSSR count). The monoisotopic (exact) mass is 293 g/mol. The SMILES string of the molecule is COc1ccc(OC)c(CNC2(CO)CCCC(C)C2)c1. The fourth-order valence-electron chi connectivity index (χ4n) is 3.32. The molecule has 1 aromatic carbocycles. The molecule has 1 aliphatic carbocycles. The summed E-state index contributed by atoms with van der Waals surface area (Å²) in [6.45, 7) is 3.12. The molecule has 21 heavy (non-hydrogen) atoms. The van der Waals surface area contributed by atoms with E-state index in [9.17, 15) is 5.11 Å². The molecule has 4 heteroatoms. The fraction of sp³-hybridized carbons (Fsp3) is 0.647. The predicted octanol–water partition coefficient (Wildman–Crippen LogP) is 2.73. The quantitative estimate of drug-likeness (QED) is 0.847. The molecular formula is C17H27NO3. The van der Waals surface area contributed by atoms with Gasteiger partial charge in [0.25, 0.3) is 0 Å². The standard InChI is InChI=1S/C17H27NO3/c1-13-5-4-8-17(10-13,12-19)18-11-14-9-15(20-2)6-7-16(14)21-3/h6-7,9,13,18-19H,4-5,8,10-12H2,1-3H3. The second-order valence-electron chi connectivity index (χ2n) is 6.17. The number of nitrogens with one attached hydrogen (secondary N) is 1. The summed E-state index contributed by atoms with van der Waals surface area (Å²) < 4.78 is 10.7. The van der Waals surface area contributed by atoms with E-state index in [1.165, 1.54) is 12.8 Å². The van der Waals surface area contributed by atoms with Gasteiger partial charge in [0.1, 0.15) is 11.5 Å². The van der Waals surface area contributed by atoms with E-state index in [1.54, 1.807) is 14.2 Å². The molecule has 0 saturated heterocycles. The minimum absolute atomic E-state index is 0.161. The zero-order valence-electron chi connectivity index (χ0n) is 13.3. The van der Waals surface area contributed by atoms with Crippen molar-refractivity contribution in [1.29, 1.82) is 0 Å². The van der Waals surface area contributed by atoms with Crippen molar-refractivity contribution < 1.29 is 14.6 Å². The zero-order chi connectivity index (χ0) is 15.3. The Morgan fingerprint density at radius 3 is 2.76 bits per heavy atom. The first kappa shape index (κ1) is 16.1. The van der Waals surface area contributed by atoms with Crippen LogP contribution in [0.5, 0.6) is 11.5 Å². The van der Waals surface area contributed by atoms with Crippen molar-refractivity contribution in [3.63, 3.8) is 0 Å². The Balaban J connectivity index is 2.10. The van der Waals surface area contributed by atoms with E-state index in [0.717, 1.165) is 29.9 Å². The number of ether oxygens (including phenoxy) is 2. The van der Waals surface area contributed by atoms with Crippen molar-refractivity contribution in [3.8, 4) is 11.5 Å². The molecule has 1 fully saturated rings. The van der Waals surface area contributed by atoms with Crippen LogP contribution in [-0.2, 0) is 6.54 Å². The van der Waals surface area contributed by atoms with E-state index in [1.807, 2.05) is 18.2 Å². The highest BCUT2D eigenvalue weighted by molar-refractivity contribution is 5.40. The van der Waals surface area contributed by atoms with Gasteiger partial charge in [-0.15, -0.1) is 0 Å². The number of methoxy groups -OCH3 is 2. The van der Waals surface area contributed by atoms with E-state index in [2.05, 4.69) is 12.2 Å². The van der Waals surface area contributed by atoms with Gasteiger partial charge in [0.2, 0.25) is 0 Å². The molecule has 0 aliphatic heterocycles. The molecule has 0 amide bonds. The van der Waals surface area contributed by atoms with Crippen LogP contribution in [0.3, 0.4) is 0 Å². The maximum Gasteiger partial charge on any atom is 0.123 e. The van der Waals surface area contributed by atoms with E-state index in [0.29, 0.717) is 12.5 Å². The van der Waals surface area contributed by atoms with Crippen LogP contribution in [0.4, 0.5) is 0 Å². The van der Waals surface area contributed by atoms with Crippen LogP contribution < -0.4 is 14.8 Å². The third-order valence-electron chi connectivity index (χ3n) is 4.54. The molecule has 2 N–H and O–H groups in total. The maximum absolute atomic E-state index is 9.85. The largest absolute Gasteiger partial charge is 0.497 e. The Morgan fingerprint density at radius 2 is 2.14 bits per heavy atom. The van der Waals surface area contributed by atoms with Gasteiger partial charge in [-0.2, -0.15) is 0 Å². The van der Waals surface area contributed by atoms with Gasteiger partial charge in [-0.25, -0.2) is 0 Å². The average Bonchev–Trinajstić information content (AvgIpc) is 2.52. The number of hydrogen-bond acceptors (Lipinski definition) is 4. The highest BCUT2D eigenvalue weighted by atomic mass is 16.5. The summed E-state index contributed by atoms with van der Waals surface area (Å²) in [5.74, 6) is 2.33. The van der Waals surface area contributed by atoms with Gasteiger partial charge >= 0.3 is 0 Å². The van der Waals surface area contributed by atoms with Crippen molar-refractivity contribution in [2.75, 3.05) is 20.8 Å². The Bertz CT molecular complexity index is 463. The summed E-state index contributed by atoms with van der Waals surface area (Å²) in [6, 6.07) is 5.81. The Hall–Kier alpha value is -1.26. The first-order chi connectivity index (χ1) is 10.1. The van der Waals surface area contributed by atoms with Crippen LogP contribution >= 0.6 is 0 Å².